The molecule has 23 heavy (non-hydrogen) atoms. The van der Waals surface area contributed by atoms with Gasteiger partial charge in [-0.1, -0.05) is 0 Å². The van der Waals surface area contributed by atoms with Crippen molar-refractivity contribution in [3.63, 3.8) is 0 Å². The van der Waals surface area contributed by atoms with Crippen molar-refractivity contribution in [2.75, 3.05) is 52.9 Å². The van der Waals surface area contributed by atoms with Gasteiger partial charge >= 0.3 is 6.03 Å². The second-order valence-electron chi connectivity index (χ2n) is 6.14. The van der Waals surface area contributed by atoms with Gasteiger partial charge in [-0.05, 0) is 19.8 Å². The fraction of sp³-hybridized carbons (Fsp3) is 0.800. The van der Waals surface area contributed by atoms with E-state index in [4.69, 9.17) is 0 Å². The Labute approximate surface area is 137 Å². The zero-order chi connectivity index (χ0) is 16.8. The number of nitrogens with zero attached hydrogens (tertiary/aromatic N) is 3. The van der Waals surface area contributed by atoms with Crippen molar-refractivity contribution in [2.45, 2.75) is 25.8 Å². The van der Waals surface area contributed by atoms with Crippen LogP contribution in [-0.2, 0) is 9.59 Å². The number of amides is 4. The lowest BCUT2D eigenvalue weighted by Crippen LogP contribution is -2.56. The third-order valence-electron chi connectivity index (χ3n) is 4.62. The molecule has 0 radical (unpaired) electrons. The molecule has 8 nitrogen and oxygen atoms in total. The van der Waals surface area contributed by atoms with E-state index in [0.29, 0.717) is 6.54 Å². The zero-order valence-electron chi connectivity index (χ0n) is 14.0. The summed E-state index contributed by atoms with van der Waals surface area (Å²) in [6.45, 7) is 6.99. The van der Waals surface area contributed by atoms with E-state index in [2.05, 4.69) is 15.5 Å². The molecule has 0 aromatic heterocycles. The van der Waals surface area contributed by atoms with Gasteiger partial charge in [-0.25, -0.2) is 4.79 Å². The third kappa shape index (κ3) is 4.90. The molecule has 0 aromatic carbocycles. The molecule has 8 heteroatoms. The molecule has 2 aliphatic rings. The lowest BCUT2D eigenvalue weighted by molar-refractivity contribution is -0.132. The van der Waals surface area contributed by atoms with Crippen LogP contribution in [0, 0.1) is 0 Å². The zero-order valence-corrected chi connectivity index (χ0v) is 14.0. The number of hydrogen-bond donors (Lipinski definition) is 2. The van der Waals surface area contributed by atoms with Crippen molar-refractivity contribution >= 4 is 17.8 Å². The molecule has 0 saturated carbocycles. The Bertz CT molecular complexity index is 442. The number of piperazine rings is 1. The number of carbonyl (C=O) groups is 3. The van der Waals surface area contributed by atoms with Gasteiger partial charge in [0.15, 0.2) is 0 Å². The minimum atomic E-state index is -0.489. The SMILES string of the molecule is CNC(=O)NC(=O)C(C)N1CCN(CC(=O)N2CCCC2)CC1. The van der Waals surface area contributed by atoms with E-state index >= 15 is 0 Å². The molecular weight excluding hydrogens is 298 g/mol. The molecule has 2 rings (SSSR count). The Morgan fingerprint density at radius 2 is 1.61 bits per heavy atom. The molecule has 0 bridgehead atoms. The summed E-state index contributed by atoms with van der Waals surface area (Å²) in [5.74, 6) is -0.0905. The number of carbonyl (C=O) groups excluding carboxylic acids is 3. The van der Waals surface area contributed by atoms with Crippen LogP contribution in [0.15, 0.2) is 0 Å². The van der Waals surface area contributed by atoms with Crippen LogP contribution in [0.3, 0.4) is 0 Å². The maximum Gasteiger partial charge on any atom is 0.321 e. The quantitative estimate of drug-likeness (QED) is 0.698. The number of urea groups is 1. The van der Waals surface area contributed by atoms with Crippen molar-refractivity contribution in [2.24, 2.45) is 0 Å². The molecule has 4 amide bonds. The summed E-state index contributed by atoms with van der Waals surface area (Å²) >= 11 is 0. The van der Waals surface area contributed by atoms with Crippen LogP contribution < -0.4 is 10.6 Å². The number of rotatable bonds is 4. The number of imide groups is 1. The normalized spacial score (nSPS) is 21.0. The predicted octanol–water partition coefficient (Wildman–Crippen LogP) is -0.929. The molecule has 0 spiro atoms. The maximum atomic E-state index is 12.2. The van der Waals surface area contributed by atoms with Crippen LogP contribution in [0.4, 0.5) is 4.79 Å². The van der Waals surface area contributed by atoms with Gasteiger partial charge in [-0.2, -0.15) is 0 Å². The molecule has 1 unspecified atom stereocenters. The van der Waals surface area contributed by atoms with E-state index in [1.807, 2.05) is 9.80 Å². The highest BCUT2D eigenvalue weighted by atomic mass is 16.2. The Morgan fingerprint density at radius 1 is 1.00 bits per heavy atom. The van der Waals surface area contributed by atoms with E-state index in [9.17, 15) is 14.4 Å². The first-order valence-electron chi connectivity index (χ1n) is 8.28. The Hall–Kier alpha value is -1.67. The maximum absolute atomic E-state index is 12.2. The standard InChI is InChI=1S/C15H27N5O3/c1-12(14(22)17-15(23)16-2)19-9-7-18(8-10-19)11-13(21)20-5-3-4-6-20/h12H,3-11H2,1-2H3,(H2,16,17,22,23). The van der Waals surface area contributed by atoms with Crippen molar-refractivity contribution < 1.29 is 14.4 Å². The minimum absolute atomic E-state index is 0.210. The second kappa shape index (κ2) is 8.26. The largest absolute Gasteiger partial charge is 0.342 e. The first-order chi connectivity index (χ1) is 11.0. The van der Waals surface area contributed by atoms with E-state index < -0.39 is 6.03 Å². The summed E-state index contributed by atoms with van der Waals surface area (Å²) in [6.07, 6.45) is 2.22. The summed E-state index contributed by atoms with van der Waals surface area (Å²) in [4.78, 5) is 41.4. The smallest absolute Gasteiger partial charge is 0.321 e. The minimum Gasteiger partial charge on any atom is -0.342 e. The fourth-order valence-electron chi connectivity index (χ4n) is 3.01. The van der Waals surface area contributed by atoms with Crippen LogP contribution in [0.1, 0.15) is 19.8 Å². The van der Waals surface area contributed by atoms with Gasteiger partial charge in [0.2, 0.25) is 11.8 Å². The number of nitrogens with one attached hydrogen (secondary N) is 2. The summed E-state index contributed by atoms with van der Waals surface area (Å²) in [7, 11) is 1.48. The van der Waals surface area contributed by atoms with Crippen LogP contribution in [0.2, 0.25) is 0 Å². The highest BCUT2D eigenvalue weighted by Gasteiger charge is 2.28. The topological polar surface area (TPSA) is 85.0 Å². The van der Waals surface area contributed by atoms with E-state index in [1.54, 1.807) is 6.92 Å². The van der Waals surface area contributed by atoms with Crippen LogP contribution in [0.5, 0.6) is 0 Å². The molecule has 0 aromatic rings. The van der Waals surface area contributed by atoms with Gasteiger partial charge in [0.05, 0.1) is 12.6 Å². The fourth-order valence-corrected chi connectivity index (χ4v) is 3.01. The van der Waals surface area contributed by atoms with E-state index in [0.717, 1.165) is 52.1 Å². The lowest BCUT2D eigenvalue weighted by Gasteiger charge is -2.37. The first kappa shape index (κ1) is 17.7. The summed E-state index contributed by atoms with van der Waals surface area (Å²) in [6, 6.07) is -0.847. The van der Waals surface area contributed by atoms with Crippen molar-refractivity contribution in [1.29, 1.82) is 0 Å². The summed E-state index contributed by atoms with van der Waals surface area (Å²) in [5.41, 5.74) is 0. The molecule has 2 aliphatic heterocycles. The van der Waals surface area contributed by atoms with Crippen molar-refractivity contribution in [3.8, 4) is 0 Å². The Kier molecular flexibility index (Phi) is 6.35. The molecular formula is C15H27N5O3. The predicted molar refractivity (Wildman–Crippen MR) is 85.9 cm³/mol. The number of likely N-dealkylation sites (tertiary alicyclic amines) is 1. The van der Waals surface area contributed by atoms with E-state index in [-0.39, 0.29) is 17.9 Å². The van der Waals surface area contributed by atoms with Crippen LogP contribution >= 0.6 is 0 Å². The molecule has 1 atom stereocenters. The average Bonchev–Trinajstić information content (AvgIpc) is 3.09. The lowest BCUT2D eigenvalue weighted by atomic mass is 10.2. The van der Waals surface area contributed by atoms with Gasteiger partial charge in [0.25, 0.3) is 0 Å². The molecule has 2 saturated heterocycles. The highest BCUT2D eigenvalue weighted by Crippen LogP contribution is 2.10. The van der Waals surface area contributed by atoms with Gasteiger partial charge in [0, 0.05) is 46.3 Å². The Balaban J connectivity index is 1.73. The average molecular weight is 325 g/mol. The first-order valence-corrected chi connectivity index (χ1v) is 8.28. The third-order valence-corrected chi connectivity index (χ3v) is 4.62. The van der Waals surface area contributed by atoms with Crippen molar-refractivity contribution in [3.05, 3.63) is 0 Å². The van der Waals surface area contributed by atoms with Crippen LogP contribution in [0.25, 0.3) is 0 Å². The molecule has 2 fully saturated rings. The molecule has 2 heterocycles. The molecule has 2 N–H and O–H groups in total. The molecule has 130 valence electrons. The summed E-state index contributed by atoms with van der Waals surface area (Å²) in [5, 5.41) is 4.67. The van der Waals surface area contributed by atoms with E-state index in [1.165, 1.54) is 7.05 Å². The second-order valence-corrected chi connectivity index (χ2v) is 6.14. The number of hydrogen-bond acceptors (Lipinski definition) is 5. The van der Waals surface area contributed by atoms with Crippen molar-refractivity contribution in [1.82, 2.24) is 25.3 Å². The van der Waals surface area contributed by atoms with Gasteiger partial charge < -0.3 is 10.2 Å². The van der Waals surface area contributed by atoms with Gasteiger partial charge in [0.1, 0.15) is 0 Å². The summed E-state index contributed by atoms with van der Waals surface area (Å²) < 4.78 is 0. The van der Waals surface area contributed by atoms with Crippen LogP contribution in [-0.4, -0.2) is 91.4 Å². The highest BCUT2D eigenvalue weighted by molar-refractivity contribution is 5.96. The Morgan fingerprint density at radius 3 is 2.17 bits per heavy atom. The van der Waals surface area contributed by atoms with Gasteiger partial charge in [-0.15, -0.1) is 0 Å². The monoisotopic (exact) mass is 325 g/mol. The van der Waals surface area contributed by atoms with Gasteiger partial charge in [-0.3, -0.25) is 24.7 Å². The molecule has 0 aliphatic carbocycles.